The molecule has 2 aromatic carbocycles. The van der Waals surface area contributed by atoms with Crippen LogP contribution >= 0.6 is 11.3 Å². The van der Waals surface area contributed by atoms with E-state index in [2.05, 4.69) is 15.5 Å². The average Bonchev–Trinajstić information content (AvgIpc) is 2.95. The van der Waals surface area contributed by atoms with Crippen LogP contribution in [-0.4, -0.2) is 11.2 Å². The highest BCUT2D eigenvalue weighted by Gasteiger charge is 2.02. The van der Waals surface area contributed by atoms with Gasteiger partial charge in [0.25, 0.3) is 0 Å². The molecule has 0 fully saturated rings. The summed E-state index contributed by atoms with van der Waals surface area (Å²) < 4.78 is 5.88. The lowest BCUT2D eigenvalue weighted by atomic mass is 10.2. The van der Waals surface area contributed by atoms with Crippen molar-refractivity contribution in [2.45, 2.75) is 6.92 Å². The Kier molecular flexibility index (Phi) is 4.46. The molecule has 0 spiro atoms. The maximum absolute atomic E-state index is 5.88. The first-order valence-electron chi connectivity index (χ1n) is 6.84. The van der Waals surface area contributed by atoms with Gasteiger partial charge in [0, 0.05) is 10.9 Å². The fourth-order valence-corrected chi connectivity index (χ4v) is 2.49. The summed E-state index contributed by atoms with van der Waals surface area (Å²) in [6, 6.07) is 17.4. The van der Waals surface area contributed by atoms with Crippen molar-refractivity contribution >= 4 is 22.7 Å². The van der Waals surface area contributed by atoms with Crippen molar-refractivity contribution in [1.29, 1.82) is 0 Å². The van der Waals surface area contributed by atoms with Crippen molar-refractivity contribution in [3.63, 3.8) is 0 Å². The first-order valence-corrected chi connectivity index (χ1v) is 7.72. The van der Waals surface area contributed by atoms with Gasteiger partial charge < -0.3 is 4.74 Å². The zero-order valence-electron chi connectivity index (χ0n) is 12.1. The van der Waals surface area contributed by atoms with Gasteiger partial charge in [0.1, 0.15) is 11.5 Å². The molecule has 0 bridgehead atoms. The number of thiazole rings is 1. The molecule has 0 aliphatic carbocycles. The zero-order valence-corrected chi connectivity index (χ0v) is 12.9. The van der Waals surface area contributed by atoms with Crippen molar-refractivity contribution in [2.24, 2.45) is 5.10 Å². The van der Waals surface area contributed by atoms with E-state index in [1.165, 1.54) is 11.3 Å². The van der Waals surface area contributed by atoms with Gasteiger partial charge in [-0.05, 0) is 31.2 Å². The number of benzene rings is 2. The number of aromatic nitrogens is 1. The summed E-state index contributed by atoms with van der Waals surface area (Å²) in [5.74, 6) is 1.56. The van der Waals surface area contributed by atoms with Gasteiger partial charge in [-0.15, -0.1) is 11.3 Å². The number of para-hydroxylation sites is 2. The second kappa shape index (κ2) is 6.87. The van der Waals surface area contributed by atoms with E-state index in [4.69, 9.17) is 4.74 Å². The summed E-state index contributed by atoms with van der Waals surface area (Å²) in [6.07, 6.45) is 1.73. The lowest BCUT2D eigenvalue weighted by molar-refractivity contribution is 0.482. The zero-order chi connectivity index (χ0) is 15.2. The molecule has 3 aromatic rings. The number of hydrazone groups is 1. The monoisotopic (exact) mass is 309 g/mol. The van der Waals surface area contributed by atoms with Gasteiger partial charge in [0.2, 0.25) is 5.13 Å². The SMILES string of the molecule is Cc1csc(NN=Cc2ccccc2Oc2ccccc2)n1. The molecule has 0 saturated carbocycles. The number of rotatable bonds is 5. The smallest absolute Gasteiger partial charge is 0.203 e. The average molecular weight is 309 g/mol. The summed E-state index contributed by atoms with van der Waals surface area (Å²) in [4.78, 5) is 4.29. The minimum Gasteiger partial charge on any atom is -0.457 e. The van der Waals surface area contributed by atoms with E-state index >= 15 is 0 Å². The topological polar surface area (TPSA) is 46.5 Å². The molecule has 22 heavy (non-hydrogen) atoms. The van der Waals surface area contributed by atoms with Crippen LogP contribution in [0, 0.1) is 6.92 Å². The molecule has 5 heteroatoms. The lowest BCUT2D eigenvalue weighted by Crippen LogP contribution is -1.93. The second-order valence-corrected chi connectivity index (χ2v) is 5.48. The van der Waals surface area contributed by atoms with Crippen LogP contribution in [0.3, 0.4) is 0 Å². The molecule has 0 aliphatic heterocycles. The van der Waals surface area contributed by atoms with E-state index in [1.807, 2.05) is 66.9 Å². The summed E-state index contributed by atoms with van der Waals surface area (Å²) in [5.41, 5.74) is 4.80. The molecule has 0 saturated heterocycles. The van der Waals surface area contributed by atoms with E-state index in [9.17, 15) is 0 Å². The van der Waals surface area contributed by atoms with E-state index in [0.29, 0.717) is 0 Å². The Balaban J connectivity index is 1.73. The van der Waals surface area contributed by atoms with Crippen LogP contribution in [-0.2, 0) is 0 Å². The third-order valence-corrected chi connectivity index (χ3v) is 3.74. The number of nitrogens with one attached hydrogen (secondary N) is 1. The maximum atomic E-state index is 5.88. The summed E-state index contributed by atoms with van der Waals surface area (Å²) in [7, 11) is 0. The standard InChI is InChI=1S/C17H15N3OS/c1-13-12-22-17(19-13)20-18-11-14-7-5-6-10-16(14)21-15-8-3-2-4-9-15/h2-12H,1H3,(H,19,20). The quantitative estimate of drug-likeness (QED) is 0.549. The van der Waals surface area contributed by atoms with Gasteiger partial charge in [-0.1, -0.05) is 30.3 Å². The molecule has 4 nitrogen and oxygen atoms in total. The Morgan fingerprint density at radius 3 is 2.64 bits per heavy atom. The second-order valence-electron chi connectivity index (χ2n) is 4.62. The molecular formula is C17H15N3OS. The maximum Gasteiger partial charge on any atom is 0.203 e. The van der Waals surface area contributed by atoms with Gasteiger partial charge in [-0.2, -0.15) is 5.10 Å². The molecule has 0 atom stereocenters. The number of anilines is 1. The van der Waals surface area contributed by atoms with Crippen LogP contribution in [0.1, 0.15) is 11.3 Å². The number of aryl methyl sites for hydroxylation is 1. The van der Waals surface area contributed by atoms with E-state index in [1.54, 1.807) is 6.21 Å². The molecule has 0 unspecified atom stereocenters. The summed E-state index contributed by atoms with van der Waals surface area (Å²) in [6.45, 7) is 1.95. The van der Waals surface area contributed by atoms with Crippen LogP contribution in [0.2, 0.25) is 0 Å². The van der Waals surface area contributed by atoms with Crippen LogP contribution in [0.4, 0.5) is 5.13 Å². The van der Waals surface area contributed by atoms with Crippen LogP contribution in [0.15, 0.2) is 65.1 Å². The Morgan fingerprint density at radius 2 is 1.86 bits per heavy atom. The first-order chi connectivity index (χ1) is 10.8. The number of hydrogen-bond acceptors (Lipinski definition) is 5. The summed E-state index contributed by atoms with van der Waals surface area (Å²) in [5, 5.41) is 6.97. The molecule has 0 aliphatic rings. The fraction of sp³-hybridized carbons (Fsp3) is 0.0588. The number of hydrogen-bond donors (Lipinski definition) is 1. The van der Waals surface area contributed by atoms with Gasteiger partial charge in [-0.3, -0.25) is 5.43 Å². The molecule has 0 amide bonds. The van der Waals surface area contributed by atoms with Crippen molar-refractivity contribution in [3.05, 3.63) is 71.2 Å². The number of ether oxygens (including phenoxy) is 1. The Hall–Kier alpha value is -2.66. The predicted molar refractivity (Wildman–Crippen MR) is 91.0 cm³/mol. The Labute approximate surface area is 133 Å². The lowest BCUT2D eigenvalue weighted by Gasteiger charge is -2.08. The van der Waals surface area contributed by atoms with Gasteiger partial charge in [-0.25, -0.2) is 4.98 Å². The van der Waals surface area contributed by atoms with Gasteiger partial charge in [0.15, 0.2) is 0 Å². The van der Waals surface area contributed by atoms with Crippen LogP contribution in [0.25, 0.3) is 0 Å². The summed E-state index contributed by atoms with van der Waals surface area (Å²) >= 11 is 1.52. The third-order valence-electron chi connectivity index (χ3n) is 2.87. The van der Waals surface area contributed by atoms with Crippen LogP contribution < -0.4 is 10.2 Å². The molecule has 1 aromatic heterocycles. The third kappa shape index (κ3) is 3.71. The highest BCUT2D eigenvalue weighted by Crippen LogP contribution is 2.24. The minimum atomic E-state index is 0.759. The molecule has 1 N–H and O–H groups in total. The van der Waals surface area contributed by atoms with E-state index in [0.717, 1.165) is 27.9 Å². The molecule has 1 heterocycles. The van der Waals surface area contributed by atoms with E-state index < -0.39 is 0 Å². The molecule has 110 valence electrons. The molecule has 0 radical (unpaired) electrons. The largest absolute Gasteiger partial charge is 0.457 e. The Morgan fingerprint density at radius 1 is 1.09 bits per heavy atom. The normalized spacial score (nSPS) is 10.8. The van der Waals surface area contributed by atoms with Crippen molar-refractivity contribution < 1.29 is 4.74 Å². The van der Waals surface area contributed by atoms with Crippen molar-refractivity contribution in [1.82, 2.24) is 4.98 Å². The molecular weight excluding hydrogens is 294 g/mol. The van der Waals surface area contributed by atoms with Gasteiger partial charge in [0.05, 0.1) is 11.9 Å². The highest BCUT2D eigenvalue weighted by molar-refractivity contribution is 7.13. The van der Waals surface area contributed by atoms with Crippen LogP contribution in [0.5, 0.6) is 11.5 Å². The van der Waals surface area contributed by atoms with Crippen molar-refractivity contribution in [2.75, 3.05) is 5.43 Å². The van der Waals surface area contributed by atoms with E-state index in [-0.39, 0.29) is 0 Å². The Bertz CT molecular complexity index is 768. The fourth-order valence-electron chi connectivity index (χ4n) is 1.86. The molecule has 3 rings (SSSR count). The predicted octanol–water partition coefficient (Wildman–Crippen LogP) is 4.69. The first kappa shape index (κ1) is 14.3. The van der Waals surface area contributed by atoms with Gasteiger partial charge >= 0.3 is 0 Å². The number of nitrogens with zero attached hydrogens (tertiary/aromatic N) is 2. The highest BCUT2D eigenvalue weighted by atomic mass is 32.1. The van der Waals surface area contributed by atoms with Crippen molar-refractivity contribution in [3.8, 4) is 11.5 Å². The minimum absolute atomic E-state index is 0.759.